The summed E-state index contributed by atoms with van der Waals surface area (Å²) in [4.78, 5) is 3.56. The maximum atomic E-state index is 14.8. The Morgan fingerprint density at radius 3 is 2.48 bits per heavy atom. The van der Waals surface area contributed by atoms with Crippen molar-refractivity contribution in [2.75, 3.05) is 5.75 Å². The van der Waals surface area contributed by atoms with Gasteiger partial charge in [-0.25, -0.2) is 22.2 Å². The van der Waals surface area contributed by atoms with Crippen LogP contribution in [-0.2, 0) is 21.9 Å². The second kappa shape index (κ2) is 6.71. The zero-order valence-corrected chi connectivity index (χ0v) is 13.8. The Hall–Kier alpha value is -2.01. The van der Waals surface area contributed by atoms with Crippen LogP contribution in [0.15, 0.2) is 24.5 Å². The van der Waals surface area contributed by atoms with Gasteiger partial charge in [-0.2, -0.15) is 13.9 Å². The van der Waals surface area contributed by atoms with Crippen LogP contribution in [0.25, 0.3) is 0 Å². The van der Waals surface area contributed by atoms with E-state index < -0.39 is 50.1 Å². The highest BCUT2D eigenvalue weighted by Crippen LogP contribution is 2.45. The van der Waals surface area contributed by atoms with Crippen molar-refractivity contribution in [1.29, 1.82) is 0 Å². The summed E-state index contributed by atoms with van der Waals surface area (Å²) in [6, 6.07) is 1.51. The molecule has 2 rings (SSSR count). The van der Waals surface area contributed by atoms with Crippen molar-refractivity contribution < 1.29 is 31.1 Å². The predicted molar refractivity (Wildman–Crippen MR) is 79.4 cm³/mol. The summed E-state index contributed by atoms with van der Waals surface area (Å²) in [7, 11) is -5.15. The van der Waals surface area contributed by atoms with Crippen LogP contribution in [0.1, 0.15) is 24.7 Å². The number of halogens is 4. The molecule has 2 N–H and O–H groups in total. The van der Waals surface area contributed by atoms with Gasteiger partial charge in [0.15, 0.2) is 5.60 Å². The molecule has 1 aromatic carbocycles. The molecule has 0 fully saturated rings. The minimum absolute atomic E-state index is 0.137. The van der Waals surface area contributed by atoms with E-state index in [1.165, 1.54) is 6.92 Å². The third kappa shape index (κ3) is 3.38. The number of aliphatic hydroxyl groups is 1. The molecule has 0 aliphatic carbocycles. The summed E-state index contributed by atoms with van der Waals surface area (Å²) < 4.78 is 80.9. The molecule has 0 saturated carbocycles. The number of aromatic nitrogens is 3. The van der Waals surface area contributed by atoms with Crippen LogP contribution >= 0.6 is 0 Å². The number of hydrogen-bond acceptors (Lipinski definition) is 5. The van der Waals surface area contributed by atoms with Gasteiger partial charge in [-0.15, -0.1) is 0 Å². The highest BCUT2D eigenvalue weighted by molar-refractivity contribution is 7.92. The van der Waals surface area contributed by atoms with E-state index in [9.17, 15) is 31.1 Å². The van der Waals surface area contributed by atoms with Crippen LogP contribution in [0.3, 0.4) is 0 Å². The van der Waals surface area contributed by atoms with E-state index in [-0.39, 0.29) is 18.3 Å². The molecule has 1 aromatic heterocycles. The largest absolute Gasteiger partial charge is 0.377 e. The van der Waals surface area contributed by atoms with E-state index >= 15 is 0 Å². The van der Waals surface area contributed by atoms with Gasteiger partial charge in [0, 0.05) is 18.1 Å². The average Bonchev–Trinajstić information content (AvgIpc) is 2.99. The van der Waals surface area contributed by atoms with Crippen molar-refractivity contribution in [3.8, 4) is 0 Å². The lowest BCUT2D eigenvalue weighted by Crippen LogP contribution is -2.53. The van der Waals surface area contributed by atoms with Crippen molar-refractivity contribution in [1.82, 2.24) is 15.2 Å². The number of H-pyrrole nitrogens is 1. The van der Waals surface area contributed by atoms with Crippen LogP contribution in [-0.4, -0.2) is 39.7 Å². The molecule has 0 aliphatic heterocycles. The molecule has 0 bridgehead atoms. The van der Waals surface area contributed by atoms with Gasteiger partial charge in [-0.1, -0.05) is 13.0 Å². The van der Waals surface area contributed by atoms with Crippen molar-refractivity contribution in [2.24, 2.45) is 0 Å². The number of benzene rings is 1. The normalized spacial score (nSPS) is 15.1. The molecule has 0 amide bonds. The molecule has 0 aliphatic rings. The molecule has 2 aromatic rings. The highest BCUT2D eigenvalue weighted by atomic mass is 32.2. The minimum Gasteiger partial charge on any atom is -0.377 e. The fraction of sp³-hybridized carbons (Fsp3) is 0.429. The van der Waals surface area contributed by atoms with Crippen LogP contribution in [0.4, 0.5) is 17.6 Å². The second-order valence-corrected chi connectivity index (χ2v) is 7.58. The summed E-state index contributed by atoms with van der Waals surface area (Å²) >= 11 is 0. The van der Waals surface area contributed by atoms with E-state index in [4.69, 9.17) is 0 Å². The van der Waals surface area contributed by atoms with Crippen molar-refractivity contribution in [3.05, 3.63) is 47.5 Å². The quantitative estimate of drug-likeness (QED) is 0.715. The van der Waals surface area contributed by atoms with Crippen LogP contribution < -0.4 is 0 Å². The van der Waals surface area contributed by atoms with Gasteiger partial charge in [0.25, 0.3) is 0 Å². The van der Waals surface area contributed by atoms with Gasteiger partial charge >= 0.3 is 5.25 Å². The number of alkyl halides is 2. The first-order chi connectivity index (χ1) is 11.5. The van der Waals surface area contributed by atoms with Gasteiger partial charge in [-0.05, 0) is 12.5 Å². The summed E-state index contributed by atoms with van der Waals surface area (Å²) in [5.41, 5.74) is -4.58. The molecule has 25 heavy (non-hydrogen) atoms. The smallest absolute Gasteiger partial charge is 0.377 e. The van der Waals surface area contributed by atoms with Crippen LogP contribution in [0.5, 0.6) is 0 Å². The Morgan fingerprint density at radius 1 is 1.28 bits per heavy atom. The van der Waals surface area contributed by atoms with E-state index in [0.717, 1.165) is 6.33 Å². The standard InChI is InChI=1S/C14H15F4N3O3S/c1-2-5-25(23,24)14(17,18)13(22,7-12-19-8-20-21-12)10-4-3-9(15)6-11(10)16/h3-4,6,8,22H,2,5,7H2,1H3,(H,19,20,21)/t13-/m1/s1. The van der Waals surface area contributed by atoms with E-state index in [0.29, 0.717) is 12.1 Å². The third-order valence-electron chi connectivity index (χ3n) is 3.61. The first-order valence-electron chi connectivity index (χ1n) is 7.17. The molecule has 11 heteroatoms. The number of aromatic amines is 1. The Labute approximate surface area is 140 Å². The van der Waals surface area contributed by atoms with E-state index in [1.54, 1.807) is 0 Å². The number of nitrogens with one attached hydrogen (secondary N) is 1. The number of nitrogens with zero attached hydrogens (tertiary/aromatic N) is 2. The summed E-state index contributed by atoms with van der Waals surface area (Å²) in [5.74, 6) is -3.80. The summed E-state index contributed by atoms with van der Waals surface area (Å²) in [6.07, 6.45) is -0.261. The molecule has 0 saturated heterocycles. The topological polar surface area (TPSA) is 95.9 Å². The van der Waals surface area contributed by atoms with E-state index in [1.807, 2.05) is 0 Å². The lowest BCUT2D eigenvalue weighted by molar-refractivity contribution is -0.134. The SMILES string of the molecule is CCCS(=O)(=O)C(F)(F)[C@@](O)(Cc1ncn[nH]1)c1ccc(F)cc1F. The monoisotopic (exact) mass is 381 g/mol. The summed E-state index contributed by atoms with van der Waals surface area (Å²) in [6.45, 7) is 1.36. The molecule has 0 unspecified atom stereocenters. The van der Waals surface area contributed by atoms with Crippen molar-refractivity contribution in [3.63, 3.8) is 0 Å². The number of sulfone groups is 1. The molecule has 0 spiro atoms. The summed E-state index contributed by atoms with van der Waals surface area (Å²) in [5, 5.41) is 11.5. The third-order valence-corrected chi connectivity index (χ3v) is 5.67. The Morgan fingerprint density at radius 2 is 1.96 bits per heavy atom. The first-order valence-corrected chi connectivity index (χ1v) is 8.82. The zero-order chi connectivity index (χ0) is 18.9. The molecule has 1 atom stereocenters. The maximum absolute atomic E-state index is 14.8. The fourth-order valence-electron chi connectivity index (χ4n) is 2.39. The maximum Gasteiger partial charge on any atom is 0.377 e. The number of rotatable bonds is 7. The van der Waals surface area contributed by atoms with E-state index in [2.05, 4.69) is 15.2 Å². The van der Waals surface area contributed by atoms with Gasteiger partial charge in [0.2, 0.25) is 9.84 Å². The fourth-order valence-corrected chi connectivity index (χ4v) is 3.88. The molecular weight excluding hydrogens is 366 g/mol. The molecule has 138 valence electrons. The Bertz CT molecular complexity index is 843. The molecule has 1 heterocycles. The molecule has 6 nitrogen and oxygen atoms in total. The second-order valence-electron chi connectivity index (χ2n) is 5.43. The van der Waals surface area contributed by atoms with Crippen molar-refractivity contribution in [2.45, 2.75) is 30.6 Å². The Balaban J connectivity index is 2.67. The molecular formula is C14H15F4N3O3S. The lowest BCUT2D eigenvalue weighted by Gasteiger charge is -2.35. The predicted octanol–water partition coefficient (Wildman–Crippen LogP) is 1.93. The van der Waals surface area contributed by atoms with Gasteiger partial charge < -0.3 is 5.11 Å². The lowest BCUT2D eigenvalue weighted by atomic mass is 9.89. The van der Waals surface area contributed by atoms with Crippen LogP contribution in [0, 0.1) is 11.6 Å². The van der Waals surface area contributed by atoms with Crippen molar-refractivity contribution >= 4 is 9.84 Å². The van der Waals surface area contributed by atoms with Crippen LogP contribution in [0.2, 0.25) is 0 Å². The van der Waals surface area contributed by atoms with Gasteiger partial charge in [-0.3, -0.25) is 5.10 Å². The van der Waals surface area contributed by atoms with Gasteiger partial charge in [0.1, 0.15) is 23.8 Å². The first kappa shape index (κ1) is 19.3. The molecule has 0 radical (unpaired) electrons. The van der Waals surface area contributed by atoms with Gasteiger partial charge in [0.05, 0.1) is 5.75 Å². The zero-order valence-electron chi connectivity index (χ0n) is 13.0. The highest BCUT2D eigenvalue weighted by Gasteiger charge is 2.63. The Kier molecular flexibility index (Phi) is 5.19. The average molecular weight is 381 g/mol. The number of hydrogen-bond donors (Lipinski definition) is 2. The minimum atomic E-state index is -5.15.